The number of amidine groups is 1. The number of aliphatic imine (C=N–C) groups is 1. The van der Waals surface area contributed by atoms with Gasteiger partial charge in [-0.3, -0.25) is 4.99 Å². The van der Waals surface area contributed by atoms with Crippen molar-refractivity contribution in [2.45, 2.75) is 32.9 Å². The number of hydrogen-bond donors (Lipinski definition) is 1. The summed E-state index contributed by atoms with van der Waals surface area (Å²) in [5.74, 6) is 1.19. The molecule has 1 saturated heterocycles. The molecule has 0 aromatic carbocycles. The second-order valence-electron chi connectivity index (χ2n) is 3.82. The highest BCUT2D eigenvalue weighted by atomic mass is 32.2. The number of thioether (sulfide) groups is 1. The van der Waals surface area contributed by atoms with Gasteiger partial charge in [0, 0.05) is 21.5 Å². The van der Waals surface area contributed by atoms with Crippen molar-refractivity contribution in [1.29, 1.82) is 0 Å². The first kappa shape index (κ1) is 11.0. The van der Waals surface area contributed by atoms with E-state index in [2.05, 4.69) is 36.3 Å². The average molecular weight is 240 g/mol. The Morgan fingerprint density at radius 3 is 3.07 bits per heavy atom. The number of nitrogens with one attached hydrogen (secondary N) is 1. The molecule has 0 radical (unpaired) electrons. The summed E-state index contributed by atoms with van der Waals surface area (Å²) in [5.41, 5.74) is 0. The topological polar surface area (TPSA) is 24.4 Å². The van der Waals surface area contributed by atoms with E-state index in [-0.39, 0.29) is 0 Å². The van der Waals surface area contributed by atoms with E-state index in [4.69, 9.17) is 0 Å². The largest absolute Gasteiger partial charge is 0.362 e. The Balaban J connectivity index is 1.93. The number of nitrogens with zero attached hydrogens (tertiary/aromatic N) is 1. The zero-order valence-electron chi connectivity index (χ0n) is 9.12. The minimum absolute atomic E-state index is 0.579. The summed E-state index contributed by atoms with van der Waals surface area (Å²) in [6.45, 7) is 5.17. The fraction of sp³-hybridized carbons (Fsp3) is 0.545. The molecule has 1 aromatic heterocycles. The molecule has 0 amide bonds. The zero-order valence-corrected chi connectivity index (χ0v) is 10.8. The van der Waals surface area contributed by atoms with Gasteiger partial charge in [0.15, 0.2) is 5.17 Å². The third-order valence-electron chi connectivity index (χ3n) is 2.33. The van der Waals surface area contributed by atoms with E-state index >= 15 is 0 Å². The van der Waals surface area contributed by atoms with E-state index in [1.807, 2.05) is 23.1 Å². The highest BCUT2D eigenvalue weighted by Crippen LogP contribution is 2.18. The van der Waals surface area contributed by atoms with Crippen LogP contribution >= 0.6 is 23.1 Å². The smallest absolute Gasteiger partial charge is 0.157 e. The first-order valence-corrected chi connectivity index (χ1v) is 7.03. The second kappa shape index (κ2) is 5.03. The lowest BCUT2D eigenvalue weighted by Gasteiger charge is -2.21. The van der Waals surface area contributed by atoms with E-state index in [9.17, 15) is 0 Å². The number of aryl methyl sites for hydroxylation is 1. The van der Waals surface area contributed by atoms with Crippen molar-refractivity contribution >= 4 is 28.3 Å². The van der Waals surface area contributed by atoms with Crippen LogP contribution in [0.1, 0.15) is 23.1 Å². The summed E-state index contributed by atoms with van der Waals surface area (Å²) >= 11 is 3.67. The molecule has 0 spiro atoms. The minimum atomic E-state index is 0.579. The van der Waals surface area contributed by atoms with E-state index in [0.717, 1.165) is 11.7 Å². The predicted octanol–water partition coefficient (Wildman–Crippen LogP) is 3.03. The number of thiophene rings is 1. The van der Waals surface area contributed by atoms with Gasteiger partial charge in [0.25, 0.3) is 0 Å². The van der Waals surface area contributed by atoms with Crippen LogP contribution in [0.15, 0.2) is 17.1 Å². The molecule has 0 saturated carbocycles. The predicted molar refractivity (Wildman–Crippen MR) is 69.9 cm³/mol. The van der Waals surface area contributed by atoms with Crippen LogP contribution in [-0.2, 0) is 6.54 Å². The standard InChI is InChI=1S/C11H16N2S2/c1-8-5-6-14-11(13-8)12-7-10-4-3-9(2)15-10/h3-4,8H,5-7H2,1-2H3,(H,12,13). The Morgan fingerprint density at radius 1 is 1.53 bits per heavy atom. The van der Waals surface area contributed by atoms with Crippen LogP contribution in [0.2, 0.25) is 0 Å². The second-order valence-corrected chi connectivity index (χ2v) is 6.27. The minimum Gasteiger partial charge on any atom is -0.362 e. The van der Waals surface area contributed by atoms with Crippen molar-refractivity contribution in [1.82, 2.24) is 5.32 Å². The molecule has 4 heteroatoms. The van der Waals surface area contributed by atoms with Gasteiger partial charge in [0.2, 0.25) is 0 Å². The van der Waals surface area contributed by atoms with Crippen LogP contribution in [0.3, 0.4) is 0 Å². The quantitative estimate of drug-likeness (QED) is 0.859. The number of rotatable bonds is 2. The molecule has 2 heterocycles. The summed E-state index contributed by atoms with van der Waals surface area (Å²) in [6.07, 6.45) is 1.24. The van der Waals surface area contributed by atoms with E-state index in [1.165, 1.54) is 21.9 Å². The molecule has 15 heavy (non-hydrogen) atoms. The maximum Gasteiger partial charge on any atom is 0.157 e. The van der Waals surface area contributed by atoms with Gasteiger partial charge in [0.05, 0.1) is 6.54 Å². The van der Waals surface area contributed by atoms with Gasteiger partial charge in [-0.25, -0.2) is 0 Å². The Labute approximate surface area is 99.2 Å². The summed E-state index contributed by atoms with van der Waals surface area (Å²) in [4.78, 5) is 7.31. The molecule has 1 fully saturated rings. The molecular weight excluding hydrogens is 224 g/mol. The maximum atomic E-state index is 4.60. The lowest BCUT2D eigenvalue weighted by Crippen LogP contribution is -2.35. The molecule has 82 valence electrons. The molecule has 1 unspecified atom stereocenters. The molecule has 0 bridgehead atoms. The third-order valence-corrected chi connectivity index (χ3v) is 4.28. The highest BCUT2D eigenvalue weighted by Gasteiger charge is 2.12. The van der Waals surface area contributed by atoms with Gasteiger partial charge < -0.3 is 5.32 Å². The molecule has 1 atom stereocenters. The SMILES string of the molecule is Cc1ccc(CN=C2NC(C)CCS2)s1. The van der Waals surface area contributed by atoms with Crippen molar-refractivity contribution in [2.75, 3.05) is 5.75 Å². The molecular formula is C11H16N2S2. The van der Waals surface area contributed by atoms with Gasteiger partial charge >= 0.3 is 0 Å². The van der Waals surface area contributed by atoms with Crippen molar-refractivity contribution in [3.63, 3.8) is 0 Å². The Morgan fingerprint density at radius 2 is 2.40 bits per heavy atom. The maximum absolute atomic E-state index is 4.60. The fourth-order valence-electron chi connectivity index (χ4n) is 1.47. The van der Waals surface area contributed by atoms with E-state index in [1.54, 1.807) is 0 Å². The van der Waals surface area contributed by atoms with E-state index in [0.29, 0.717) is 6.04 Å². The van der Waals surface area contributed by atoms with Crippen LogP contribution < -0.4 is 5.32 Å². The van der Waals surface area contributed by atoms with E-state index < -0.39 is 0 Å². The summed E-state index contributed by atoms with van der Waals surface area (Å²) < 4.78 is 0. The Hall–Kier alpha value is -0.480. The van der Waals surface area contributed by atoms with Crippen LogP contribution in [-0.4, -0.2) is 17.0 Å². The fourth-order valence-corrected chi connectivity index (χ4v) is 3.39. The van der Waals surface area contributed by atoms with Crippen molar-refractivity contribution in [3.05, 3.63) is 21.9 Å². The van der Waals surface area contributed by atoms with Gasteiger partial charge in [-0.2, -0.15) is 0 Å². The molecule has 1 N–H and O–H groups in total. The average Bonchev–Trinajstić information content (AvgIpc) is 2.62. The van der Waals surface area contributed by atoms with Gasteiger partial charge in [0.1, 0.15) is 0 Å². The molecule has 2 rings (SSSR count). The summed E-state index contributed by atoms with van der Waals surface area (Å²) in [6, 6.07) is 4.90. The lowest BCUT2D eigenvalue weighted by molar-refractivity contribution is 0.642. The lowest BCUT2D eigenvalue weighted by atomic mass is 10.3. The van der Waals surface area contributed by atoms with Gasteiger partial charge in [-0.1, -0.05) is 11.8 Å². The number of hydrogen-bond acceptors (Lipinski definition) is 3. The van der Waals surface area contributed by atoms with Gasteiger partial charge in [-0.05, 0) is 32.4 Å². The molecule has 1 aliphatic rings. The molecule has 2 nitrogen and oxygen atoms in total. The van der Waals surface area contributed by atoms with Crippen LogP contribution in [0, 0.1) is 6.92 Å². The van der Waals surface area contributed by atoms with Crippen molar-refractivity contribution in [2.24, 2.45) is 4.99 Å². The molecule has 1 aromatic rings. The summed E-state index contributed by atoms with van der Waals surface area (Å²) in [5, 5.41) is 4.52. The summed E-state index contributed by atoms with van der Waals surface area (Å²) in [7, 11) is 0. The zero-order chi connectivity index (χ0) is 10.7. The van der Waals surface area contributed by atoms with Crippen molar-refractivity contribution in [3.8, 4) is 0 Å². The van der Waals surface area contributed by atoms with Crippen molar-refractivity contribution < 1.29 is 0 Å². The third kappa shape index (κ3) is 3.24. The first-order chi connectivity index (χ1) is 7.24. The van der Waals surface area contributed by atoms with Gasteiger partial charge in [-0.15, -0.1) is 11.3 Å². The molecule has 1 aliphatic heterocycles. The van der Waals surface area contributed by atoms with Crippen LogP contribution in [0.5, 0.6) is 0 Å². The van der Waals surface area contributed by atoms with Crippen LogP contribution in [0.4, 0.5) is 0 Å². The monoisotopic (exact) mass is 240 g/mol. The normalized spacial score (nSPS) is 24.1. The first-order valence-electron chi connectivity index (χ1n) is 5.23. The molecule has 0 aliphatic carbocycles. The Bertz CT molecular complexity index is 357. The highest BCUT2D eigenvalue weighted by molar-refractivity contribution is 8.13. The Kier molecular flexibility index (Phi) is 3.70. The van der Waals surface area contributed by atoms with Crippen LogP contribution in [0.25, 0.3) is 0 Å².